The number of aliphatic imine (C=N–C) groups is 2. The van der Waals surface area contributed by atoms with Gasteiger partial charge in [0.05, 0.1) is 34.5 Å². The highest BCUT2D eigenvalue weighted by Crippen LogP contribution is 2.39. The highest BCUT2D eigenvalue weighted by atomic mass is 16.2. The number of likely N-dealkylation sites (tertiary alicyclic amines) is 1. The van der Waals surface area contributed by atoms with Gasteiger partial charge in [0.15, 0.2) is 0 Å². The number of nitrogens with two attached hydrogens (primary N) is 2. The summed E-state index contributed by atoms with van der Waals surface area (Å²) in [5.41, 5.74) is 19.4. The van der Waals surface area contributed by atoms with E-state index in [1.54, 1.807) is 26.4 Å². The Balaban J connectivity index is 0.00000405. The van der Waals surface area contributed by atoms with E-state index in [1.165, 1.54) is 12.4 Å². The summed E-state index contributed by atoms with van der Waals surface area (Å²) in [7, 11) is 3.63. The first-order chi connectivity index (χ1) is 19.9. The fraction of sp³-hybridized carbons (Fsp3) is 0.345. The van der Waals surface area contributed by atoms with Gasteiger partial charge in [-0.3, -0.25) is 24.4 Å². The van der Waals surface area contributed by atoms with E-state index in [9.17, 15) is 4.79 Å². The zero-order valence-corrected chi connectivity index (χ0v) is 23.6. The molecule has 1 aliphatic carbocycles. The lowest BCUT2D eigenvalue weighted by Crippen LogP contribution is -2.38. The van der Waals surface area contributed by atoms with E-state index in [2.05, 4.69) is 20.3 Å². The van der Waals surface area contributed by atoms with Crippen LogP contribution in [0.3, 0.4) is 0 Å². The average molecular weight is 556 g/mol. The number of allylic oxidation sites excluding steroid dienone is 2. The highest BCUT2D eigenvalue weighted by Gasteiger charge is 2.27. The number of pyridine rings is 1. The standard InChI is InChI=1S/C29H35N11O.H2/c1-18(41)40-10-8-22(9-11-40)33-17-23(13-31)36-29-35-15-19-4-7-25-26(27(19)37-29)28(39(3)38-25)20-5-6-24(34-16-20)21(12-30)14-32-2;/h5-6,12-17,22H,4,7-11,30-31H2,1-3H3,(H,35,36,37);1H/b21-12+,23-13+,32-14?,33-17?;. The molecule has 0 spiro atoms. The molecular weight excluding hydrogens is 518 g/mol. The molecule has 1 saturated heterocycles. The fourth-order valence-electron chi connectivity index (χ4n) is 5.25. The summed E-state index contributed by atoms with van der Waals surface area (Å²) in [6.07, 6.45) is 13.3. The quantitative estimate of drug-likeness (QED) is 0.374. The first-order valence-corrected chi connectivity index (χ1v) is 13.6. The summed E-state index contributed by atoms with van der Waals surface area (Å²) in [5.74, 6) is 0.528. The summed E-state index contributed by atoms with van der Waals surface area (Å²) < 4.78 is 1.88. The van der Waals surface area contributed by atoms with Crippen molar-refractivity contribution in [2.75, 3.05) is 25.5 Å². The summed E-state index contributed by atoms with van der Waals surface area (Å²) in [5, 5.41) is 8.02. The van der Waals surface area contributed by atoms with Gasteiger partial charge in [0.2, 0.25) is 11.9 Å². The Morgan fingerprint density at radius 2 is 1.93 bits per heavy atom. The monoisotopic (exact) mass is 555 g/mol. The van der Waals surface area contributed by atoms with Gasteiger partial charge in [-0.1, -0.05) is 0 Å². The molecule has 214 valence electrons. The van der Waals surface area contributed by atoms with Gasteiger partial charge in [0.25, 0.3) is 0 Å². The minimum atomic E-state index is 0. The maximum Gasteiger partial charge on any atom is 0.227 e. The molecule has 5 N–H and O–H groups in total. The van der Waals surface area contributed by atoms with Crippen molar-refractivity contribution in [1.29, 1.82) is 0 Å². The maximum atomic E-state index is 11.6. The third kappa shape index (κ3) is 5.86. The number of hydrogen-bond acceptors (Lipinski definition) is 10. The minimum Gasteiger partial charge on any atom is -0.404 e. The Morgan fingerprint density at radius 1 is 1.12 bits per heavy atom. The van der Waals surface area contributed by atoms with Crippen molar-refractivity contribution in [3.63, 3.8) is 0 Å². The van der Waals surface area contributed by atoms with E-state index in [-0.39, 0.29) is 13.4 Å². The number of rotatable bonds is 7. The van der Waals surface area contributed by atoms with Crippen molar-refractivity contribution in [2.45, 2.75) is 38.6 Å². The Kier molecular flexibility index (Phi) is 8.18. The van der Waals surface area contributed by atoms with Gasteiger partial charge in [0, 0.05) is 89.5 Å². The van der Waals surface area contributed by atoms with E-state index in [1.807, 2.05) is 41.2 Å². The molecular formula is C29H37N11O. The Bertz CT molecular complexity index is 1550. The van der Waals surface area contributed by atoms with Gasteiger partial charge in [-0.05, 0) is 43.4 Å². The smallest absolute Gasteiger partial charge is 0.227 e. The number of nitrogens with zero attached hydrogens (tertiary/aromatic N) is 8. The molecule has 1 amide bonds. The number of piperidine rings is 1. The van der Waals surface area contributed by atoms with Crippen LogP contribution in [0, 0.1) is 0 Å². The van der Waals surface area contributed by atoms with Gasteiger partial charge < -0.3 is 21.7 Å². The molecule has 1 fully saturated rings. The molecule has 3 aromatic heterocycles. The number of carbonyl (C=O) groups excluding carboxylic acids is 1. The van der Waals surface area contributed by atoms with Crippen molar-refractivity contribution in [2.24, 2.45) is 28.5 Å². The van der Waals surface area contributed by atoms with Crippen LogP contribution < -0.4 is 16.8 Å². The predicted molar refractivity (Wildman–Crippen MR) is 163 cm³/mol. The molecule has 2 aliphatic rings. The second-order valence-electron chi connectivity index (χ2n) is 10.1. The van der Waals surface area contributed by atoms with Crippen molar-refractivity contribution in [3.8, 4) is 22.5 Å². The summed E-state index contributed by atoms with van der Waals surface area (Å²) in [6.45, 7) is 3.03. The second kappa shape index (κ2) is 12.1. The van der Waals surface area contributed by atoms with E-state index in [0.29, 0.717) is 24.7 Å². The van der Waals surface area contributed by atoms with Crippen molar-refractivity contribution in [1.82, 2.24) is 29.6 Å². The number of aryl methyl sites for hydroxylation is 3. The number of nitrogens with one attached hydrogen (secondary N) is 1. The van der Waals surface area contributed by atoms with E-state index in [4.69, 9.17) is 26.5 Å². The van der Waals surface area contributed by atoms with Gasteiger partial charge in [0.1, 0.15) is 0 Å². The molecule has 0 saturated carbocycles. The maximum absolute atomic E-state index is 11.6. The molecule has 0 bridgehead atoms. The minimum absolute atomic E-state index is 0. The van der Waals surface area contributed by atoms with E-state index < -0.39 is 0 Å². The van der Waals surface area contributed by atoms with Crippen LogP contribution in [0.4, 0.5) is 5.95 Å². The number of hydrogen-bond donors (Lipinski definition) is 3. The molecule has 0 atom stereocenters. The molecule has 3 aromatic rings. The number of anilines is 1. The number of amides is 1. The lowest BCUT2D eigenvalue weighted by atomic mass is 9.91. The number of carbonyl (C=O) groups is 1. The summed E-state index contributed by atoms with van der Waals surface area (Å²) in [4.78, 5) is 36.3. The SMILES string of the molecule is CN=C/C(=C\N)c1ccc(-c2c3c(nn2C)CCc2cnc(N/C(C=NC4CCN(C(C)=O)CC4)=C/N)nc2-3)cn1.[HH]. The molecule has 0 aromatic carbocycles. The number of fused-ring (bicyclic) bond motifs is 3. The van der Waals surface area contributed by atoms with Crippen LogP contribution in [-0.4, -0.2) is 74.1 Å². The molecule has 12 heteroatoms. The Labute approximate surface area is 240 Å². The molecule has 12 nitrogen and oxygen atoms in total. The first-order valence-electron chi connectivity index (χ1n) is 13.6. The van der Waals surface area contributed by atoms with Crippen LogP contribution in [0.15, 0.2) is 52.6 Å². The van der Waals surface area contributed by atoms with Crippen LogP contribution in [0.5, 0.6) is 0 Å². The topological polar surface area (TPSA) is 166 Å². The van der Waals surface area contributed by atoms with E-state index in [0.717, 1.165) is 70.7 Å². The molecule has 4 heterocycles. The second-order valence-corrected chi connectivity index (χ2v) is 10.1. The number of aromatic nitrogens is 5. The molecule has 5 rings (SSSR count). The molecule has 1 aliphatic heterocycles. The van der Waals surface area contributed by atoms with Crippen LogP contribution in [0.25, 0.3) is 28.1 Å². The lowest BCUT2D eigenvalue weighted by Gasteiger charge is -2.29. The van der Waals surface area contributed by atoms with Gasteiger partial charge in [-0.2, -0.15) is 5.10 Å². The van der Waals surface area contributed by atoms with Gasteiger partial charge in [-0.25, -0.2) is 9.97 Å². The average Bonchev–Trinajstić information content (AvgIpc) is 3.34. The van der Waals surface area contributed by atoms with Crippen LogP contribution in [-0.2, 0) is 24.7 Å². The summed E-state index contributed by atoms with van der Waals surface area (Å²) >= 11 is 0. The lowest BCUT2D eigenvalue weighted by molar-refractivity contribution is -0.129. The van der Waals surface area contributed by atoms with Crippen molar-refractivity contribution >= 4 is 29.9 Å². The third-order valence-corrected chi connectivity index (χ3v) is 7.40. The van der Waals surface area contributed by atoms with Gasteiger partial charge >= 0.3 is 0 Å². The Hall–Kier alpha value is -4.87. The molecule has 0 unspecified atom stereocenters. The van der Waals surface area contributed by atoms with Crippen LogP contribution >= 0.6 is 0 Å². The largest absolute Gasteiger partial charge is 0.404 e. The predicted octanol–water partition coefficient (Wildman–Crippen LogP) is 2.58. The molecule has 0 radical (unpaired) electrons. The zero-order chi connectivity index (χ0) is 28.9. The van der Waals surface area contributed by atoms with Crippen molar-refractivity contribution in [3.05, 3.63) is 59.6 Å². The van der Waals surface area contributed by atoms with Crippen molar-refractivity contribution < 1.29 is 6.22 Å². The third-order valence-electron chi connectivity index (χ3n) is 7.40. The van der Waals surface area contributed by atoms with Gasteiger partial charge in [-0.15, -0.1) is 0 Å². The van der Waals surface area contributed by atoms with Crippen LogP contribution in [0.2, 0.25) is 0 Å². The zero-order valence-electron chi connectivity index (χ0n) is 23.6. The first kappa shape index (κ1) is 27.7. The van der Waals surface area contributed by atoms with E-state index >= 15 is 0 Å². The summed E-state index contributed by atoms with van der Waals surface area (Å²) in [6, 6.07) is 4.07. The van der Waals surface area contributed by atoms with Crippen LogP contribution in [0.1, 0.15) is 38.1 Å². The highest BCUT2D eigenvalue weighted by molar-refractivity contribution is 6.08. The normalized spacial score (nSPS) is 16.3. The fourth-order valence-corrected chi connectivity index (χ4v) is 5.25. The molecule has 41 heavy (non-hydrogen) atoms. The Morgan fingerprint density at radius 3 is 2.59 bits per heavy atom.